The van der Waals surface area contributed by atoms with Crippen molar-refractivity contribution in [3.8, 4) is 0 Å². The summed E-state index contributed by atoms with van der Waals surface area (Å²) in [7, 11) is 0. The second-order valence-corrected chi connectivity index (χ2v) is 18.8. The van der Waals surface area contributed by atoms with Crippen molar-refractivity contribution in [1.29, 1.82) is 0 Å². The number of carbonyl (C=O) groups excluding carboxylic acids is 3. The van der Waals surface area contributed by atoms with Crippen molar-refractivity contribution < 1.29 is 28.6 Å². The third kappa shape index (κ3) is 53.7. The van der Waals surface area contributed by atoms with Crippen molar-refractivity contribution in [1.82, 2.24) is 0 Å². The van der Waals surface area contributed by atoms with E-state index < -0.39 is 6.10 Å². The SMILES string of the molecule is CC/C=C\C/C=C\C/C=C\C/C=C\C/C=C\CCCCCCCCCCCCCC(=O)OCC(COC(=O)CCCCCCC)OC(=O)CCCCCCCCC/C=C\CCCCCCCC. The minimum Gasteiger partial charge on any atom is -0.462 e. The van der Waals surface area contributed by atoms with Gasteiger partial charge in [0.05, 0.1) is 0 Å². The van der Waals surface area contributed by atoms with Gasteiger partial charge >= 0.3 is 17.9 Å². The number of rotatable bonds is 51. The fourth-order valence-electron chi connectivity index (χ4n) is 7.93. The summed E-state index contributed by atoms with van der Waals surface area (Å²) in [6.07, 6.45) is 70.8. The molecule has 0 bridgehead atoms. The molecular formula is C61H106O6. The summed E-state index contributed by atoms with van der Waals surface area (Å²) in [5.41, 5.74) is 0. The van der Waals surface area contributed by atoms with Crippen LogP contribution in [0.1, 0.15) is 278 Å². The van der Waals surface area contributed by atoms with Gasteiger partial charge < -0.3 is 14.2 Å². The molecule has 0 saturated carbocycles. The van der Waals surface area contributed by atoms with E-state index in [1.807, 2.05) is 0 Å². The Labute approximate surface area is 414 Å². The molecule has 0 aliphatic carbocycles. The van der Waals surface area contributed by atoms with Crippen LogP contribution in [0.5, 0.6) is 0 Å². The van der Waals surface area contributed by atoms with Gasteiger partial charge in [-0.2, -0.15) is 0 Å². The van der Waals surface area contributed by atoms with Gasteiger partial charge in [0.25, 0.3) is 0 Å². The summed E-state index contributed by atoms with van der Waals surface area (Å²) in [5, 5.41) is 0. The Bertz CT molecular complexity index is 1260. The predicted octanol–water partition coefficient (Wildman–Crippen LogP) is 19.0. The van der Waals surface area contributed by atoms with Crippen molar-refractivity contribution in [2.45, 2.75) is 284 Å². The maximum Gasteiger partial charge on any atom is 0.306 e. The standard InChI is InChI=1S/C61H106O6/c1-4-7-10-13-15-17-19-21-23-25-26-27-28-29-30-31-32-33-34-36-37-39-41-43-45-48-51-54-60(63)66-57-58(56-65-59(62)53-50-47-12-9-6-3)67-61(64)55-52-49-46-44-42-40-38-35-24-22-20-18-16-14-11-8-5-2/h7,10,15,17,21-24,26-27,29-30,58H,4-6,8-9,11-14,16,18-20,25,28,31-57H2,1-3H3/b10-7-,17-15-,23-21-,24-22-,27-26-,30-29-. The molecule has 6 heteroatoms. The number of hydrogen-bond acceptors (Lipinski definition) is 6. The first-order valence-electron chi connectivity index (χ1n) is 28.4. The van der Waals surface area contributed by atoms with Crippen LogP contribution in [0.2, 0.25) is 0 Å². The summed E-state index contributed by atoms with van der Waals surface area (Å²) >= 11 is 0. The van der Waals surface area contributed by atoms with Gasteiger partial charge in [0, 0.05) is 19.3 Å². The topological polar surface area (TPSA) is 78.9 Å². The highest BCUT2D eigenvalue weighted by atomic mass is 16.6. The van der Waals surface area contributed by atoms with Crippen molar-refractivity contribution in [3.05, 3.63) is 72.9 Å². The second-order valence-electron chi connectivity index (χ2n) is 18.8. The second kappa shape index (κ2) is 55.4. The zero-order chi connectivity index (χ0) is 48.6. The largest absolute Gasteiger partial charge is 0.462 e. The molecule has 0 radical (unpaired) electrons. The highest BCUT2D eigenvalue weighted by Gasteiger charge is 2.19. The molecule has 0 saturated heterocycles. The van der Waals surface area contributed by atoms with E-state index in [0.29, 0.717) is 19.3 Å². The normalized spacial score (nSPS) is 12.6. The average Bonchev–Trinajstić information content (AvgIpc) is 3.33. The molecule has 0 aromatic heterocycles. The third-order valence-corrected chi connectivity index (χ3v) is 12.2. The molecule has 0 aliphatic rings. The van der Waals surface area contributed by atoms with Gasteiger partial charge in [-0.15, -0.1) is 0 Å². The van der Waals surface area contributed by atoms with E-state index in [0.717, 1.165) is 96.3 Å². The molecule has 0 rings (SSSR count). The van der Waals surface area contributed by atoms with E-state index in [1.165, 1.54) is 141 Å². The molecule has 1 unspecified atom stereocenters. The summed E-state index contributed by atoms with van der Waals surface area (Å²) in [6, 6.07) is 0. The Hall–Kier alpha value is -3.15. The molecule has 386 valence electrons. The summed E-state index contributed by atoms with van der Waals surface area (Å²) < 4.78 is 16.7. The van der Waals surface area contributed by atoms with Crippen LogP contribution in [-0.4, -0.2) is 37.2 Å². The fraction of sp³-hybridized carbons (Fsp3) is 0.754. The molecule has 0 heterocycles. The Morgan fingerprint density at radius 3 is 0.925 bits per heavy atom. The summed E-state index contributed by atoms with van der Waals surface area (Å²) in [4.78, 5) is 37.8. The Morgan fingerprint density at radius 1 is 0.313 bits per heavy atom. The van der Waals surface area contributed by atoms with Crippen molar-refractivity contribution in [3.63, 3.8) is 0 Å². The molecule has 0 fully saturated rings. The molecule has 0 aromatic rings. The quantitative estimate of drug-likeness (QED) is 0.0262. The summed E-state index contributed by atoms with van der Waals surface area (Å²) in [6.45, 7) is 6.45. The van der Waals surface area contributed by atoms with Crippen molar-refractivity contribution in [2.75, 3.05) is 13.2 Å². The van der Waals surface area contributed by atoms with Gasteiger partial charge in [0.1, 0.15) is 13.2 Å². The zero-order valence-corrected chi connectivity index (χ0v) is 44.2. The predicted molar refractivity (Wildman–Crippen MR) is 288 cm³/mol. The monoisotopic (exact) mass is 935 g/mol. The van der Waals surface area contributed by atoms with Gasteiger partial charge in [-0.1, -0.05) is 241 Å². The number of unbranched alkanes of at least 4 members (excludes halogenated alkanes) is 28. The number of esters is 3. The van der Waals surface area contributed by atoms with Gasteiger partial charge in [-0.3, -0.25) is 14.4 Å². The highest BCUT2D eigenvalue weighted by molar-refractivity contribution is 5.71. The average molecular weight is 936 g/mol. The smallest absolute Gasteiger partial charge is 0.306 e. The lowest BCUT2D eigenvalue weighted by molar-refractivity contribution is -0.167. The first-order chi connectivity index (χ1) is 33.0. The van der Waals surface area contributed by atoms with E-state index in [-0.39, 0.29) is 31.1 Å². The molecule has 67 heavy (non-hydrogen) atoms. The van der Waals surface area contributed by atoms with E-state index in [4.69, 9.17) is 14.2 Å². The van der Waals surface area contributed by atoms with Gasteiger partial charge in [0.2, 0.25) is 0 Å². The molecule has 0 N–H and O–H groups in total. The number of ether oxygens (including phenoxy) is 3. The van der Waals surface area contributed by atoms with Crippen LogP contribution in [0.3, 0.4) is 0 Å². The Kier molecular flexibility index (Phi) is 52.8. The number of carbonyl (C=O) groups is 3. The van der Waals surface area contributed by atoms with Crippen LogP contribution in [-0.2, 0) is 28.6 Å². The molecule has 0 aromatic carbocycles. The van der Waals surface area contributed by atoms with Crippen molar-refractivity contribution >= 4 is 17.9 Å². The van der Waals surface area contributed by atoms with Crippen LogP contribution in [0.15, 0.2) is 72.9 Å². The van der Waals surface area contributed by atoms with E-state index >= 15 is 0 Å². The molecule has 0 amide bonds. The summed E-state index contributed by atoms with van der Waals surface area (Å²) in [5.74, 6) is -0.892. The van der Waals surface area contributed by atoms with E-state index in [1.54, 1.807) is 0 Å². The number of allylic oxidation sites excluding steroid dienone is 12. The van der Waals surface area contributed by atoms with Gasteiger partial charge in [-0.25, -0.2) is 0 Å². The number of hydrogen-bond donors (Lipinski definition) is 0. The lowest BCUT2D eigenvalue weighted by Gasteiger charge is -2.18. The maximum absolute atomic E-state index is 12.8. The minimum atomic E-state index is -0.774. The van der Waals surface area contributed by atoms with Crippen LogP contribution in [0.25, 0.3) is 0 Å². The minimum absolute atomic E-state index is 0.0772. The lowest BCUT2D eigenvalue weighted by atomic mass is 10.0. The van der Waals surface area contributed by atoms with Crippen LogP contribution >= 0.6 is 0 Å². The molecule has 0 spiro atoms. The van der Waals surface area contributed by atoms with E-state index in [2.05, 4.69) is 93.7 Å². The van der Waals surface area contributed by atoms with Crippen LogP contribution in [0.4, 0.5) is 0 Å². The lowest BCUT2D eigenvalue weighted by Crippen LogP contribution is -2.30. The Balaban J connectivity index is 4.07. The molecule has 0 aliphatic heterocycles. The molecule has 1 atom stereocenters. The van der Waals surface area contributed by atoms with Crippen LogP contribution in [0, 0.1) is 0 Å². The van der Waals surface area contributed by atoms with Crippen molar-refractivity contribution in [2.24, 2.45) is 0 Å². The molecular weight excluding hydrogens is 829 g/mol. The highest BCUT2D eigenvalue weighted by Crippen LogP contribution is 2.15. The van der Waals surface area contributed by atoms with E-state index in [9.17, 15) is 14.4 Å². The maximum atomic E-state index is 12.8. The van der Waals surface area contributed by atoms with Crippen LogP contribution < -0.4 is 0 Å². The first-order valence-corrected chi connectivity index (χ1v) is 28.4. The van der Waals surface area contributed by atoms with Gasteiger partial charge in [-0.05, 0) is 89.9 Å². The molecule has 6 nitrogen and oxygen atoms in total. The van der Waals surface area contributed by atoms with Gasteiger partial charge in [0.15, 0.2) is 6.10 Å². The fourth-order valence-corrected chi connectivity index (χ4v) is 7.93. The third-order valence-electron chi connectivity index (χ3n) is 12.2. The zero-order valence-electron chi connectivity index (χ0n) is 44.2. The first kappa shape index (κ1) is 63.8. The Morgan fingerprint density at radius 2 is 0.582 bits per heavy atom.